The Balaban J connectivity index is 2.30. The highest BCUT2D eigenvalue weighted by atomic mass is 127. The molecule has 0 unspecified atom stereocenters. The lowest BCUT2D eigenvalue weighted by Gasteiger charge is -2.09. The van der Waals surface area contributed by atoms with Crippen LogP contribution >= 0.6 is 45.2 Å². The van der Waals surface area contributed by atoms with Gasteiger partial charge in [-0.1, -0.05) is 23.7 Å². The number of hydrogen-bond acceptors (Lipinski definition) is 4. The summed E-state index contributed by atoms with van der Waals surface area (Å²) < 4.78 is 7.36. The average Bonchev–Trinajstić information content (AvgIpc) is 2.91. The monoisotopic (exact) mass is 547 g/mol. The summed E-state index contributed by atoms with van der Waals surface area (Å²) in [6.07, 6.45) is 0.689. The van der Waals surface area contributed by atoms with Gasteiger partial charge in [-0.05, 0) is 76.4 Å². The fourth-order valence-corrected chi connectivity index (χ4v) is 4.49. The van der Waals surface area contributed by atoms with Gasteiger partial charge in [-0.3, -0.25) is 0 Å². The normalized spacial score (nSPS) is 12.1. The molecule has 2 aromatic carbocycles. The summed E-state index contributed by atoms with van der Waals surface area (Å²) in [6.45, 7) is 4.03. The Bertz CT molecular complexity index is 937. The van der Waals surface area contributed by atoms with E-state index in [1.807, 2.05) is 32.0 Å². The molecule has 2 N–H and O–H groups in total. The molecule has 6 heteroatoms. The van der Waals surface area contributed by atoms with Crippen molar-refractivity contribution in [2.45, 2.75) is 20.3 Å². The third-order valence-electron chi connectivity index (χ3n) is 3.86. The van der Waals surface area contributed by atoms with Crippen molar-refractivity contribution in [3.05, 3.63) is 59.9 Å². The lowest BCUT2D eigenvalue weighted by molar-refractivity contribution is 0.319. The molecule has 3 aromatic rings. The van der Waals surface area contributed by atoms with Crippen LogP contribution in [0.4, 0.5) is 0 Å². The Morgan fingerprint density at radius 2 is 1.83 bits per heavy atom. The number of furan rings is 1. The maximum absolute atomic E-state index is 9.99. The molecule has 0 aliphatic carbocycles. The number of oxime groups is 1. The van der Waals surface area contributed by atoms with Gasteiger partial charge in [-0.15, -0.1) is 0 Å². The van der Waals surface area contributed by atoms with E-state index in [0.29, 0.717) is 19.3 Å². The van der Waals surface area contributed by atoms with Gasteiger partial charge < -0.3 is 14.7 Å². The molecule has 1 aromatic heterocycles. The topological polar surface area (TPSA) is 66.0 Å². The second kappa shape index (κ2) is 6.91. The van der Waals surface area contributed by atoms with Gasteiger partial charge in [0.05, 0.1) is 12.7 Å². The summed E-state index contributed by atoms with van der Waals surface area (Å²) in [7, 11) is 0. The zero-order valence-electron chi connectivity index (χ0n) is 13.1. The summed E-state index contributed by atoms with van der Waals surface area (Å²) in [5.41, 5.74) is 3.88. The van der Waals surface area contributed by atoms with Crippen LogP contribution in [-0.2, 0) is 6.42 Å². The Labute approximate surface area is 166 Å². The van der Waals surface area contributed by atoms with Gasteiger partial charge in [0.15, 0.2) is 0 Å². The van der Waals surface area contributed by atoms with Crippen molar-refractivity contribution in [3.8, 4) is 5.75 Å². The number of fused-ring (bicyclic) bond motifs is 1. The van der Waals surface area contributed by atoms with E-state index in [1.165, 1.54) is 0 Å². The van der Waals surface area contributed by atoms with Gasteiger partial charge in [-0.2, -0.15) is 0 Å². The Morgan fingerprint density at radius 1 is 1.17 bits per heavy atom. The van der Waals surface area contributed by atoms with Gasteiger partial charge in [-0.25, -0.2) is 0 Å². The highest BCUT2D eigenvalue weighted by Crippen LogP contribution is 2.33. The summed E-state index contributed by atoms with van der Waals surface area (Å²) in [5.74, 6) is 1.02. The SMILES string of the molecule is CCc1oc2ccc(C)cc2c1C(=NO)c1cc(I)c(O)c(I)c1. The van der Waals surface area contributed by atoms with Gasteiger partial charge in [0.25, 0.3) is 0 Å². The summed E-state index contributed by atoms with van der Waals surface area (Å²) in [6, 6.07) is 9.58. The number of benzene rings is 2. The minimum Gasteiger partial charge on any atom is -0.506 e. The van der Waals surface area contributed by atoms with Crippen molar-refractivity contribution in [2.75, 3.05) is 0 Å². The number of hydrogen-bond donors (Lipinski definition) is 2. The van der Waals surface area contributed by atoms with Crippen LogP contribution < -0.4 is 0 Å². The van der Waals surface area contributed by atoms with E-state index in [1.54, 1.807) is 12.1 Å². The minimum atomic E-state index is 0.237. The second-order valence-electron chi connectivity index (χ2n) is 5.49. The Kier molecular flexibility index (Phi) is 5.05. The molecule has 0 atom stereocenters. The molecule has 0 bridgehead atoms. The predicted molar refractivity (Wildman–Crippen MR) is 111 cm³/mol. The molecular formula is C18H15I2NO3. The van der Waals surface area contributed by atoms with Crippen LogP contribution in [0.1, 0.15) is 29.4 Å². The van der Waals surface area contributed by atoms with Crippen LogP contribution in [0.25, 0.3) is 11.0 Å². The average molecular weight is 547 g/mol. The number of nitrogens with zero attached hydrogens (tertiary/aromatic N) is 1. The van der Waals surface area contributed by atoms with E-state index < -0.39 is 0 Å². The van der Waals surface area contributed by atoms with Crippen molar-refractivity contribution in [2.24, 2.45) is 5.16 Å². The summed E-state index contributed by atoms with van der Waals surface area (Å²) in [4.78, 5) is 0. The molecule has 1 heterocycles. The second-order valence-corrected chi connectivity index (χ2v) is 7.81. The minimum absolute atomic E-state index is 0.237. The molecule has 0 saturated carbocycles. The van der Waals surface area contributed by atoms with Crippen LogP contribution in [0.15, 0.2) is 39.9 Å². The lowest BCUT2D eigenvalue weighted by atomic mass is 9.97. The van der Waals surface area contributed by atoms with Gasteiger partial charge in [0.1, 0.15) is 22.8 Å². The molecular weight excluding hydrogens is 532 g/mol. The number of phenolic OH excluding ortho intramolecular Hbond substituents is 1. The Morgan fingerprint density at radius 3 is 2.42 bits per heavy atom. The number of rotatable bonds is 3. The fourth-order valence-electron chi connectivity index (χ4n) is 2.73. The van der Waals surface area contributed by atoms with E-state index in [-0.39, 0.29) is 5.75 Å². The lowest BCUT2D eigenvalue weighted by Crippen LogP contribution is -2.06. The molecule has 0 aliphatic heterocycles. The molecule has 0 saturated heterocycles. The standard InChI is InChI=1S/C18H15I2NO3/c1-3-14-16(11-6-9(2)4-5-15(11)24-14)17(21-23)10-7-12(19)18(22)13(20)8-10/h4-8,22-23H,3H2,1-2H3. The zero-order valence-corrected chi connectivity index (χ0v) is 17.4. The third kappa shape index (κ3) is 3.01. The fraction of sp³-hybridized carbons (Fsp3) is 0.167. The number of halogens is 2. The summed E-state index contributed by atoms with van der Waals surface area (Å²) >= 11 is 4.14. The first-order valence-corrected chi connectivity index (χ1v) is 9.54. The van der Waals surface area contributed by atoms with Crippen molar-refractivity contribution < 1.29 is 14.7 Å². The molecule has 0 aliphatic rings. The van der Waals surface area contributed by atoms with Crippen LogP contribution in [0.5, 0.6) is 5.75 Å². The highest BCUT2D eigenvalue weighted by Gasteiger charge is 2.21. The van der Waals surface area contributed by atoms with E-state index in [0.717, 1.165) is 33.4 Å². The largest absolute Gasteiger partial charge is 0.506 e. The van der Waals surface area contributed by atoms with Gasteiger partial charge in [0.2, 0.25) is 0 Å². The van der Waals surface area contributed by atoms with Crippen molar-refractivity contribution in [1.29, 1.82) is 0 Å². The number of phenols is 1. The van der Waals surface area contributed by atoms with E-state index in [9.17, 15) is 10.3 Å². The zero-order chi connectivity index (χ0) is 17.4. The molecule has 24 heavy (non-hydrogen) atoms. The maximum atomic E-state index is 9.99. The van der Waals surface area contributed by atoms with Gasteiger partial charge >= 0.3 is 0 Å². The highest BCUT2D eigenvalue weighted by molar-refractivity contribution is 14.1. The summed E-state index contributed by atoms with van der Waals surface area (Å²) in [5, 5.41) is 24.2. The van der Waals surface area contributed by atoms with E-state index >= 15 is 0 Å². The van der Waals surface area contributed by atoms with Crippen LogP contribution in [0.2, 0.25) is 0 Å². The molecule has 0 fully saturated rings. The van der Waals surface area contributed by atoms with E-state index in [4.69, 9.17) is 4.42 Å². The van der Waals surface area contributed by atoms with Crippen molar-refractivity contribution >= 4 is 61.9 Å². The first kappa shape index (κ1) is 17.5. The number of aryl methyl sites for hydroxylation is 2. The first-order valence-electron chi connectivity index (χ1n) is 7.39. The quantitative estimate of drug-likeness (QED) is 0.199. The van der Waals surface area contributed by atoms with E-state index in [2.05, 4.69) is 50.3 Å². The number of aromatic hydroxyl groups is 1. The Hall–Kier alpha value is -1.29. The molecule has 4 nitrogen and oxygen atoms in total. The van der Waals surface area contributed by atoms with Crippen LogP contribution in [0.3, 0.4) is 0 Å². The molecule has 0 radical (unpaired) electrons. The molecule has 124 valence electrons. The molecule has 0 amide bonds. The van der Waals surface area contributed by atoms with Gasteiger partial charge in [0, 0.05) is 17.4 Å². The smallest absolute Gasteiger partial charge is 0.142 e. The van der Waals surface area contributed by atoms with Crippen LogP contribution in [0, 0.1) is 14.1 Å². The molecule has 3 rings (SSSR count). The maximum Gasteiger partial charge on any atom is 0.142 e. The molecule has 0 spiro atoms. The predicted octanol–water partition coefficient (Wildman–Crippen LogP) is 5.45. The van der Waals surface area contributed by atoms with Crippen molar-refractivity contribution in [1.82, 2.24) is 0 Å². The van der Waals surface area contributed by atoms with Crippen molar-refractivity contribution in [3.63, 3.8) is 0 Å². The van der Waals surface area contributed by atoms with Crippen LogP contribution in [-0.4, -0.2) is 16.0 Å². The first-order chi connectivity index (χ1) is 11.5. The third-order valence-corrected chi connectivity index (χ3v) is 5.51.